The minimum absolute atomic E-state index is 0.363. The molecule has 0 bridgehead atoms. The molecule has 0 saturated carbocycles. The maximum atomic E-state index is 10.9. The first-order valence-corrected chi connectivity index (χ1v) is 8.92. The zero-order valence-corrected chi connectivity index (χ0v) is 16.1. The number of aromatic nitrogens is 2. The Morgan fingerprint density at radius 2 is 1.81 bits per heavy atom. The molecular weight excluding hydrogens is 358 g/mol. The molecule has 2 N–H and O–H groups in total. The van der Waals surface area contributed by atoms with Gasteiger partial charge in [0.05, 0.1) is 11.2 Å². The number of carbonyl (C=O) groups is 1. The van der Waals surface area contributed by atoms with Gasteiger partial charge in [-0.25, -0.2) is 4.68 Å². The van der Waals surface area contributed by atoms with Gasteiger partial charge >= 0.3 is 0 Å². The minimum atomic E-state index is -0.567. The number of thiol groups is 1. The number of rotatable bonds is 6. The molecule has 0 aliphatic rings. The van der Waals surface area contributed by atoms with Crippen LogP contribution in [0.5, 0.6) is 5.75 Å². The molecule has 0 fully saturated rings. The Hall–Kier alpha value is -2.99. The summed E-state index contributed by atoms with van der Waals surface area (Å²) in [5.74, 6) is 0.236. The molecule has 138 valence electrons. The third-order valence-corrected chi connectivity index (χ3v) is 4.64. The van der Waals surface area contributed by atoms with Crippen molar-refractivity contribution < 1.29 is 9.53 Å². The summed E-state index contributed by atoms with van der Waals surface area (Å²) in [5, 5.41) is 4.56. The van der Waals surface area contributed by atoms with Gasteiger partial charge in [0.25, 0.3) is 0 Å². The SMILES string of the molecule is Cc1cccc(C)c1COc1ccc(-c2cnn(/C(S)=C/C(N)=O)c2)cc1. The maximum Gasteiger partial charge on any atom is 0.244 e. The van der Waals surface area contributed by atoms with Crippen molar-refractivity contribution in [2.75, 3.05) is 0 Å². The second-order valence-corrected chi connectivity index (χ2v) is 6.72. The Morgan fingerprint density at radius 1 is 1.15 bits per heavy atom. The zero-order valence-electron chi connectivity index (χ0n) is 15.2. The third kappa shape index (κ3) is 4.60. The van der Waals surface area contributed by atoms with Crippen molar-refractivity contribution in [2.24, 2.45) is 5.73 Å². The number of aryl methyl sites for hydroxylation is 2. The summed E-state index contributed by atoms with van der Waals surface area (Å²) in [6.45, 7) is 4.72. The fourth-order valence-electron chi connectivity index (χ4n) is 2.77. The van der Waals surface area contributed by atoms with Crippen LogP contribution in [0.25, 0.3) is 16.2 Å². The van der Waals surface area contributed by atoms with Gasteiger partial charge in [-0.15, -0.1) is 12.6 Å². The first-order valence-electron chi connectivity index (χ1n) is 8.47. The molecule has 0 saturated heterocycles. The zero-order chi connectivity index (χ0) is 19.4. The van der Waals surface area contributed by atoms with E-state index in [0.29, 0.717) is 11.6 Å². The van der Waals surface area contributed by atoms with Crippen molar-refractivity contribution in [1.82, 2.24) is 9.78 Å². The highest BCUT2D eigenvalue weighted by molar-refractivity contribution is 7.90. The lowest BCUT2D eigenvalue weighted by Crippen LogP contribution is -2.07. The van der Waals surface area contributed by atoms with Gasteiger partial charge in [0.1, 0.15) is 12.4 Å². The van der Waals surface area contributed by atoms with E-state index in [4.69, 9.17) is 10.5 Å². The highest BCUT2D eigenvalue weighted by atomic mass is 32.1. The summed E-state index contributed by atoms with van der Waals surface area (Å²) >= 11 is 4.22. The molecule has 6 heteroatoms. The van der Waals surface area contributed by atoms with Crippen LogP contribution in [0.15, 0.2) is 60.9 Å². The lowest BCUT2D eigenvalue weighted by Gasteiger charge is -2.11. The molecule has 0 atom stereocenters. The van der Waals surface area contributed by atoms with E-state index >= 15 is 0 Å². The number of ether oxygens (including phenoxy) is 1. The Morgan fingerprint density at radius 3 is 2.44 bits per heavy atom. The van der Waals surface area contributed by atoms with E-state index in [1.807, 2.05) is 24.3 Å². The van der Waals surface area contributed by atoms with E-state index < -0.39 is 5.91 Å². The number of hydrogen-bond acceptors (Lipinski definition) is 4. The highest BCUT2D eigenvalue weighted by Gasteiger charge is 2.06. The maximum absolute atomic E-state index is 10.9. The van der Waals surface area contributed by atoms with Gasteiger partial charge in [0, 0.05) is 17.8 Å². The Labute approximate surface area is 163 Å². The molecule has 0 spiro atoms. The third-order valence-electron chi connectivity index (χ3n) is 4.30. The van der Waals surface area contributed by atoms with Crippen LogP contribution in [0.1, 0.15) is 16.7 Å². The normalized spacial score (nSPS) is 11.4. The second-order valence-electron chi connectivity index (χ2n) is 6.26. The summed E-state index contributed by atoms with van der Waals surface area (Å²) in [4.78, 5) is 10.9. The van der Waals surface area contributed by atoms with Crippen molar-refractivity contribution in [1.29, 1.82) is 0 Å². The highest BCUT2D eigenvalue weighted by Crippen LogP contribution is 2.24. The van der Waals surface area contributed by atoms with Crippen LogP contribution in [-0.2, 0) is 11.4 Å². The van der Waals surface area contributed by atoms with Gasteiger partial charge < -0.3 is 10.5 Å². The Bertz CT molecular complexity index is 971. The van der Waals surface area contributed by atoms with Crippen molar-refractivity contribution in [3.63, 3.8) is 0 Å². The van der Waals surface area contributed by atoms with E-state index in [9.17, 15) is 4.79 Å². The van der Waals surface area contributed by atoms with E-state index in [1.165, 1.54) is 27.4 Å². The summed E-state index contributed by atoms with van der Waals surface area (Å²) in [7, 11) is 0. The Kier molecular flexibility index (Phi) is 5.66. The number of primary amides is 1. The van der Waals surface area contributed by atoms with Crippen LogP contribution < -0.4 is 10.5 Å². The summed E-state index contributed by atoms with van der Waals surface area (Å²) in [5.41, 5.74) is 10.7. The summed E-state index contributed by atoms with van der Waals surface area (Å²) in [6.07, 6.45) is 4.70. The fourth-order valence-corrected chi connectivity index (χ4v) is 3.00. The predicted molar refractivity (Wildman–Crippen MR) is 110 cm³/mol. The number of hydrogen-bond donors (Lipinski definition) is 2. The lowest BCUT2D eigenvalue weighted by molar-refractivity contribution is -0.113. The topological polar surface area (TPSA) is 70.1 Å². The molecule has 0 aliphatic carbocycles. The van der Waals surface area contributed by atoms with E-state index in [2.05, 4.69) is 49.8 Å². The predicted octanol–water partition coefficient (Wildman–Crippen LogP) is 3.96. The summed E-state index contributed by atoms with van der Waals surface area (Å²) < 4.78 is 7.43. The van der Waals surface area contributed by atoms with Crippen LogP contribution in [0.3, 0.4) is 0 Å². The molecule has 5 nitrogen and oxygen atoms in total. The molecule has 0 aliphatic heterocycles. The van der Waals surface area contributed by atoms with Crippen LogP contribution >= 0.6 is 12.6 Å². The second kappa shape index (κ2) is 8.14. The summed E-state index contributed by atoms with van der Waals surface area (Å²) in [6, 6.07) is 14.0. The number of nitrogens with zero attached hydrogens (tertiary/aromatic N) is 2. The standard InChI is InChI=1S/C21H21N3O2S/c1-14-4-3-5-15(2)19(14)13-26-18-8-6-16(7-9-18)17-11-23-24(12-17)21(27)10-20(22)25/h3-12,27H,13H2,1-2H3,(H2,22,25)/b21-10-. The number of benzene rings is 2. The first kappa shape index (κ1) is 18.8. The first-order chi connectivity index (χ1) is 12.9. The van der Waals surface area contributed by atoms with Crippen LogP contribution in [0, 0.1) is 13.8 Å². The largest absolute Gasteiger partial charge is 0.489 e. The van der Waals surface area contributed by atoms with Crippen molar-refractivity contribution in [3.8, 4) is 16.9 Å². The monoisotopic (exact) mass is 379 g/mol. The molecule has 3 rings (SSSR count). The fraction of sp³-hybridized carbons (Fsp3) is 0.143. The van der Waals surface area contributed by atoms with Crippen LogP contribution in [-0.4, -0.2) is 15.7 Å². The van der Waals surface area contributed by atoms with E-state index in [0.717, 1.165) is 16.9 Å². The number of amides is 1. The van der Waals surface area contributed by atoms with Crippen LogP contribution in [0.2, 0.25) is 0 Å². The molecule has 1 aromatic heterocycles. The quantitative estimate of drug-likeness (QED) is 0.503. The van der Waals surface area contributed by atoms with E-state index in [-0.39, 0.29) is 0 Å². The van der Waals surface area contributed by atoms with Gasteiger partial charge in [-0.05, 0) is 48.2 Å². The molecule has 2 aromatic carbocycles. The smallest absolute Gasteiger partial charge is 0.244 e. The van der Waals surface area contributed by atoms with Crippen LogP contribution in [0.4, 0.5) is 0 Å². The molecule has 1 heterocycles. The number of carbonyl (C=O) groups excluding carboxylic acids is 1. The molecule has 1 amide bonds. The molecule has 27 heavy (non-hydrogen) atoms. The van der Waals surface area contributed by atoms with Gasteiger partial charge in [0.15, 0.2) is 0 Å². The lowest BCUT2D eigenvalue weighted by atomic mass is 10.0. The van der Waals surface area contributed by atoms with Gasteiger partial charge in [-0.2, -0.15) is 5.10 Å². The van der Waals surface area contributed by atoms with Gasteiger partial charge in [-0.1, -0.05) is 30.3 Å². The number of nitrogens with two attached hydrogens (primary N) is 1. The van der Waals surface area contributed by atoms with E-state index in [1.54, 1.807) is 12.4 Å². The Balaban J connectivity index is 1.71. The minimum Gasteiger partial charge on any atom is -0.489 e. The molecule has 0 radical (unpaired) electrons. The van der Waals surface area contributed by atoms with Crippen molar-refractivity contribution in [3.05, 3.63) is 77.6 Å². The van der Waals surface area contributed by atoms with Gasteiger partial charge in [0.2, 0.25) is 5.91 Å². The molecule has 0 unspecified atom stereocenters. The van der Waals surface area contributed by atoms with Crippen molar-refractivity contribution >= 4 is 23.6 Å². The molecule has 3 aromatic rings. The average molecular weight is 379 g/mol. The van der Waals surface area contributed by atoms with Crippen molar-refractivity contribution in [2.45, 2.75) is 20.5 Å². The molecular formula is C21H21N3O2S. The average Bonchev–Trinajstić information content (AvgIpc) is 3.11. The van der Waals surface area contributed by atoms with Gasteiger partial charge in [-0.3, -0.25) is 4.79 Å².